The molecule has 0 unspecified atom stereocenters. The highest BCUT2D eigenvalue weighted by molar-refractivity contribution is 5.28. The van der Waals surface area contributed by atoms with Crippen LogP contribution in [0.25, 0.3) is 0 Å². The van der Waals surface area contributed by atoms with Gasteiger partial charge in [-0.2, -0.15) is 9.97 Å². The number of aromatic nitrogens is 3. The molecule has 0 aliphatic heterocycles. The first-order valence-corrected chi connectivity index (χ1v) is 6.73. The van der Waals surface area contributed by atoms with E-state index in [9.17, 15) is 0 Å². The summed E-state index contributed by atoms with van der Waals surface area (Å²) < 4.78 is 10.1. The highest BCUT2D eigenvalue weighted by Crippen LogP contribution is 2.35. The van der Waals surface area contributed by atoms with Crippen molar-refractivity contribution in [2.45, 2.75) is 39.0 Å². The average molecular weight is 266 g/mol. The number of ether oxygens (including phenoxy) is 2. The number of hydrogen-bond acceptors (Lipinski definition) is 6. The van der Waals surface area contributed by atoms with Gasteiger partial charge in [0.2, 0.25) is 5.95 Å². The van der Waals surface area contributed by atoms with Crippen LogP contribution in [0.15, 0.2) is 0 Å². The molecule has 2 rings (SSSR count). The second kappa shape index (κ2) is 6.04. The van der Waals surface area contributed by atoms with Gasteiger partial charge in [-0.25, -0.2) is 0 Å². The van der Waals surface area contributed by atoms with Crippen LogP contribution in [-0.2, 0) is 0 Å². The molecule has 19 heavy (non-hydrogen) atoms. The van der Waals surface area contributed by atoms with Gasteiger partial charge in [0, 0.05) is 6.54 Å². The number of hydrogen-bond donors (Lipinski definition) is 1. The molecular formula is C13H22N4O2. The third-order valence-corrected chi connectivity index (χ3v) is 3.69. The van der Waals surface area contributed by atoms with E-state index >= 15 is 0 Å². The van der Waals surface area contributed by atoms with E-state index in [1.54, 1.807) is 0 Å². The van der Waals surface area contributed by atoms with Gasteiger partial charge in [-0.15, -0.1) is 4.98 Å². The van der Waals surface area contributed by atoms with Crippen LogP contribution in [0.4, 0.5) is 5.95 Å². The molecule has 1 aliphatic rings. The molecule has 1 aliphatic carbocycles. The monoisotopic (exact) mass is 266 g/mol. The van der Waals surface area contributed by atoms with Crippen LogP contribution in [0.5, 0.6) is 12.0 Å². The van der Waals surface area contributed by atoms with Crippen LogP contribution < -0.4 is 14.8 Å². The van der Waals surface area contributed by atoms with Crippen LogP contribution >= 0.6 is 0 Å². The summed E-state index contributed by atoms with van der Waals surface area (Å²) in [7, 11) is 3.06. The van der Waals surface area contributed by atoms with E-state index in [4.69, 9.17) is 9.47 Å². The second-order valence-corrected chi connectivity index (χ2v) is 5.36. The molecule has 1 heterocycles. The van der Waals surface area contributed by atoms with Crippen LogP contribution in [0, 0.1) is 5.41 Å². The molecule has 0 atom stereocenters. The van der Waals surface area contributed by atoms with E-state index in [0.717, 1.165) is 6.54 Å². The number of nitrogens with zero attached hydrogens (tertiary/aromatic N) is 3. The zero-order valence-corrected chi connectivity index (χ0v) is 11.9. The quantitative estimate of drug-likeness (QED) is 0.881. The first-order valence-electron chi connectivity index (χ1n) is 6.73. The summed E-state index contributed by atoms with van der Waals surface area (Å²) in [6, 6.07) is 0.534. The minimum atomic E-state index is 0.267. The van der Waals surface area contributed by atoms with Crippen molar-refractivity contribution in [1.82, 2.24) is 15.0 Å². The molecule has 0 bridgehead atoms. The van der Waals surface area contributed by atoms with Crippen LogP contribution in [0.2, 0.25) is 0 Å². The Labute approximate surface area is 114 Å². The lowest BCUT2D eigenvalue weighted by molar-refractivity contribution is 0.232. The molecule has 106 valence electrons. The summed E-state index contributed by atoms with van der Waals surface area (Å²) in [5.74, 6) is 0.510. The smallest absolute Gasteiger partial charge is 0.324 e. The van der Waals surface area contributed by atoms with E-state index in [0.29, 0.717) is 11.4 Å². The zero-order chi connectivity index (χ0) is 13.7. The lowest BCUT2D eigenvalue weighted by Gasteiger charge is -2.33. The van der Waals surface area contributed by atoms with Crippen LogP contribution in [0.1, 0.15) is 39.0 Å². The maximum Gasteiger partial charge on any atom is 0.324 e. The summed E-state index contributed by atoms with van der Waals surface area (Å²) in [5.41, 5.74) is 0.325. The molecule has 0 saturated heterocycles. The van der Waals surface area contributed by atoms with E-state index in [2.05, 4.69) is 27.2 Å². The van der Waals surface area contributed by atoms with Crippen molar-refractivity contribution in [2.75, 3.05) is 26.1 Å². The molecule has 1 saturated carbocycles. The van der Waals surface area contributed by atoms with Crippen molar-refractivity contribution in [3.63, 3.8) is 0 Å². The lowest BCUT2D eigenvalue weighted by Crippen LogP contribution is -2.29. The number of anilines is 1. The van der Waals surface area contributed by atoms with Crippen molar-refractivity contribution < 1.29 is 9.47 Å². The van der Waals surface area contributed by atoms with Gasteiger partial charge in [0.15, 0.2) is 0 Å². The highest BCUT2D eigenvalue weighted by atomic mass is 16.5. The van der Waals surface area contributed by atoms with Crippen LogP contribution in [0.3, 0.4) is 0 Å². The van der Waals surface area contributed by atoms with Gasteiger partial charge < -0.3 is 14.8 Å². The first kappa shape index (κ1) is 13.8. The summed E-state index contributed by atoms with van der Waals surface area (Å²) in [5, 5.41) is 3.28. The molecule has 6 heteroatoms. The minimum absolute atomic E-state index is 0.267. The summed E-state index contributed by atoms with van der Waals surface area (Å²) >= 11 is 0. The van der Waals surface area contributed by atoms with E-state index < -0.39 is 0 Å². The molecular weight excluding hydrogens is 244 g/mol. The molecule has 1 aromatic rings. The second-order valence-electron chi connectivity index (χ2n) is 5.36. The molecule has 1 aromatic heterocycles. The molecule has 0 radical (unpaired) electrons. The Kier molecular flexibility index (Phi) is 4.39. The molecule has 6 nitrogen and oxygen atoms in total. The third-order valence-electron chi connectivity index (χ3n) is 3.69. The molecule has 1 N–H and O–H groups in total. The summed E-state index contributed by atoms with van der Waals surface area (Å²) in [6.45, 7) is 3.18. The third kappa shape index (κ3) is 3.68. The van der Waals surface area contributed by atoms with Crippen molar-refractivity contribution >= 4 is 5.95 Å². The van der Waals surface area contributed by atoms with Crippen molar-refractivity contribution in [2.24, 2.45) is 5.41 Å². The highest BCUT2D eigenvalue weighted by Gasteiger charge is 2.26. The summed E-state index contributed by atoms with van der Waals surface area (Å²) in [6.07, 6.45) is 6.46. The first-order chi connectivity index (χ1) is 9.15. The molecule has 0 aromatic carbocycles. The maximum absolute atomic E-state index is 5.03. The van der Waals surface area contributed by atoms with E-state index in [-0.39, 0.29) is 12.0 Å². The van der Waals surface area contributed by atoms with Crippen molar-refractivity contribution in [1.29, 1.82) is 0 Å². The van der Waals surface area contributed by atoms with Gasteiger partial charge in [-0.05, 0) is 18.3 Å². The fourth-order valence-electron chi connectivity index (χ4n) is 2.47. The minimum Gasteiger partial charge on any atom is -0.467 e. The SMILES string of the molecule is COc1nc(NCC2(C)CCCCC2)nc(OC)n1. The number of nitrogens with one attached hydrogen (secondary N) is 1. The fraction of sp³-hybridized carbons (Fsp3) is 0.769. The Balaban J connectivity index is 2.02. The largest absolute Gasteiger partial charge is 0.467 e. The normalized spacial score (nSPS) is 17.8. The fourth-order valence-corrected chi connectivity index (χ4v) is 2.47. The predicted octanol–water partition coefficient (Wildman–Crippen LogP) is 2.27. The number of methoxy groups -OCH3 is 2. The van der Waals surface area contributed by atoms with Gasteiger partial charge >= 0.3 is 12.0 Å². The van der Waals surface area contributed by atoms with E-state index in [1.807, 2.05) is 0 Å². The van der Waals surface area contributed by atoms with Gasteiger partial charge in [-0.1, -0.05) is 26.2 Å². The number of rotatable bonds is 5. The van der Waals surface area contributed by atoms with Gasteiger partial charge in [0.05, 0.1) is 14.2 Å². The van der Waals surface area contributed by atoms with Crippen molar-refractivity contribution in [3.8, 4) is 12.0 Å². The lowest BCUT2D eigenvalue weighted by atomic mass is 9.76. The Morgan fingerprint density at radius 2 is 1.58 bits per heavy atom. The molecule has 0 amide bonds. The Morgan fingerprint density at radius 1 is 1.00 bits per heavy atom. The van der Waals surface area contributed by atoms with Gasteiger partial charge in [0.25, 0.3) is 0 Å². The molecule has 0 spiro atoms. The van der Waals surface area contributed by atoms with Crippen molar-refractivity contribution in [3.05, 3.63) is 0 Å². The Bertz CT molecular complexity index is 397. The Hall–Kier alpha value is -1.59. The average Bonchev–Trinajstić information content (AvgIpc) is 2.45. The van der Waals surface area contributed by atoms with Crippen LogP contribution in [-0.4, -0.2) is 35.7 Å². The Morgan fingerprint density at radius 3 is 2.11 bits per heavy atom. The predicted molar refractivity (Wildman–Crippen MR) is 72.6 cm³/mol. The van der Waals surface area contributed by atoms with E-state index in [1.165, 1.54) is 46.3 Å². The van der Waals surface area contributed by atoms with Gasteiger partial charge in [-0.3, -0.25) is 0 Å². The van der Waals surface area contributed by atoms with Gasteiger partial charge in [0.1, 0.15) is 0 Å². The topological polar surface area (TPSA) is 69.2 Å². The maximum atomic E-state index is 5.03. The zero-order valence-electron chi connectivity index (χ0n) is 11.9. The standard InChI is InChI=1S/C13H22N4O2/c1-13(7-5-4-6-8-13)9-14-10-15-11(18-2)17-12(16-10)19-3/h4-9H2,1-3H3,(H,14,15,16,17). The summed E-state index contributed by atoms with van der Waals surface area (Å²) in [4.78, 5) is 12.3. The molecule has 1 fully saturated rings.